The molecule has 2 aliphatic rings. The Balaban J connectivity index is 1.28. The summed E-state index contributed by atoms with van der Waals surface area (Å²) in [6, 6.07) is 11.4. The maximum atomic E-state index is 12.9. The second-order valence-corrected chi connectivity index (χ2v) is 7.92. The van der Waals surface area contributed by atoms with E-state index >= 15 is 0 Å². The topological polar surface area (TPSA) is 96.0 Å². The summed E-state index contributed by atoms with van der Waals surface area (Å²) >= 11 is 0. The largest absolute Gasteiger partial charge is 0.497 e. The number of hydrogen-bond acceptors (Lipinski definition) is 9. The number of rotatable bonds is 9. The van der Waals surface area contributed by atoms with Gasteiger partial charge in [0.05, 0.1) is 19.8 Å². The zero-order valence-electron chi connectivity index (χ0n) is 19.0. The van der Waals surface area contributed by atoms with Crippen molar-refractivity contribution in [3.05, 3.63) is 65.2 Å². The van der Waals surface area contributed by atoms with Gasteiger partial charge in [-0.05, 0) is 49.4 Å². The molecule has 2 N–H and O–H groups in total. The summed E-state index contributed by atoms with van der Waals surface area (Å²) < 4.78 is 5.23. The number of ketones is 2. The molecule has 0 spiro atoms. The number of aromatic nitrogens is 1. The van der Waals surface area contributed by atoms with E-state index in [1.165, 1.54) is 19.0 Å². The number of ether oxygens (including phenoxy) is 1. The van der Waals surface area contributed by atoms with Crippen LogP contribution in [0.3, 0.4) is 0 Å². The van der Waals surface area contributed by atoms with Crippen LogP contribution in [0.4, 0.5) is 5.69 Å². The summed E-state index contributed by atoms with van der Waals surface area (Å²) in [6.07, 6.45) is 2.34. The number of anilines is 1. The predicted molar refractivity (Wildman–Crippen MR) is 124 cm³/mol. The Bertz CT molecular complexity index is 1030. The minimum Gasteiger partial charge on any atom is -0.497 e. The third-order valence-electron chi connectivity index (χ3n) is 5.94. The molecule has 0 amide bonds. The van der Waals surface area contributed by atoms with Crippen molar-refractivity contribution in [3.8, 4) is 5.75 Å². The lowest BCUT2D eigenvalue weighted by Gasteiger charge is -2.36. The van der Waals surface area contributed by atoms with Gasteiger partial charge in [-0.1, -0.05) is 0 Å². The molecule has 9 nitrogen and oxygen atoms in total. The second-order valence-electron chi connectivity index (χ2n) is 7.92. The molecule has 0 unspecified atom stereocenters. The Labute approximate surface area is 193 Å². The van der Waals surface area contributed by atoms with Crippen LogP contribution in [-0.4, -0.2) is 74.9 Å². The van der Waals surface area contributed by atoms with E-state index in [0.29, 0.717) is 12.1 Å². The zero-order chi connectivity index (χ0) is 23.2. The van der Waals surface area contributed by atoms with Crippen LogP contribution in [-0.2, 0) is 4.84 Å². The number of hydrogen-bond donors (Lipinski definition) is 2. The van der Waals surface area contributed by atoms with E-state index in [1.807, 2.05) is 12.1 Å². The molecule has 33 heavy (non-hydrogen) atoms. The van der Waals surface area contributed by atoms with Crippen molar-refractivity contribution < 1.29 is 19.2 Å². The lowest BCUT2D eigenvalue weighted by Crippen LogP contribution is -2.47. The Morgan fingerprint density at radius 3 is 2.42 bits per heavy atom. The van der Waals surface area contributed by atoms with E-state index in [0.717, 1.165) is 44.9 Å². The Morgan fingerprint density at radius 1 is 0.970 bits per heavy atom. The molecule has 1 aliphatic carbocycles. The van der Waals surface area contributed by atoms with Gasteiger partial charge in [-0.25, -0.2) is 0 Å². The summed E-state index contributed by atoms with van der Waals surface area (Å²) in [5.41, 5.74) is 4.54. The first kappa shape index (κ1) is 22.8. The molecule has 174 valence electrons. The normalized spacial score (nSPS) is 16.6. The number of carbonyl (C=O) groups excluding carboxylic acids is 2. The molecule has 1 fully saturated rings. The van der Waals surface area contributed by atoms with Crippen molar-refractivity contribution in [2.75, 3.05) is 58.4 Å². The van der Waals surface area contributed by atoms with Crippen molar-refractivity contribution in [1.29, 1.82) is 0 Å². The summed E-state index contributed by atoms with van der Waals surface area (Å²) in [5.74, 6) is 0.247. The van der Waals surface area contributed by atoms with E-state index in [2.05, 4.69) is 37.7 Å². The number of Topliss-reactive ketones (excluding diaryl/α,β-unsaturated/α-hetero) is 2. The number of benzene rings is 1. The van der Waals surface area contributed by atoms with Crippen molar-refractivity contribution >= 4 is 17.3 Å². The molecule has 2 heterocycles. The highest BCUT2D eigenvalue weighted by Gasteiger charge is 2.33. The first-order valence-corrected chi connectivity index (χ1v) is 11.0. The summed E-state index contributed by atoms with van der Waals surface area (Å²) in [4.78, 5) is 39.5. The van der Waals surface area contributed by atoms with Gasteiger partial charge in [-0.15, -0.1) is 0 Å². The number of fused-ring (bicyclic) bond motifs is 1. The fourth-order valence-corrected chi connectivity index (χ4v) is 4.16. The quantitative estimate of drug-likeness (QED) is 0.436. The Morgan fingerprint density at radius 2 is 1.73 bits per heavy atom. The number of pyridine rings is 1. The fourth-order valence-electron chi connectivity index (χ4n) is 4.16. The van der Waals surface area contributed by atoms with Gasteiger partial charge in [-0.2, -0.15) is 0 Å². The van der Waals surface area contributed by atoms with Crippen molar-refractivity contribution in [2.45, 2.75) is 6.42 Å². The average molecular weight is 452 g/mol. The molecule has 0 radical (unpaired) electrons. The zero-order valence-corrected chi connectivity index (χ0v) is 19.0. The van der Waals surface area contributed by atoms with Gasteiger partial charge in [0.15, 0.2) is 0 Å². The van der Waals surface area contributed by atoms with Crippen LogP contribution >= 0.6 is 0 Å². The molecule has 0 atom stereocenters. The highest BCUT2D eigenvalue weighted by molar-refractivity contribution is 6.25. The first-order chi connectivity index (χ1) is 16.1. The first-order valence-electron chi connectivity index (χ1n) is 11.0. The molecule has 1 aromatic heterocycles. The molecule has 1 aromatic carbocycles. The maximum absolute atomic E-state index is 12.9. The van der Waals surface area contributed by atoms with Gasteiger partial charge >= 0.3 is 0 Å². The number of nitrogens with one attached hydrogen (secondary N) is 2. The van der Waals surface area contributed by atoms with Crippen LogP contribution < -0.4 is 20.4 Å². The number of methoxy groups -OCH3 is 1. The van der Waals surface area contributed by atoms with Gasteiger partial charge in [0.25, 0.3) is 0 Å². The third kappa shape index (κ3) is 4.99. The van der Waals surface area contributed by atoms with E-state index < -0.39 is 0 Å². The molecule has 9 heteroatoms. The molecule has 0 saturated carbocycles. The van der Waals surface area contributed by atoms with E-state index in [9.17, 15) is 9.59 Å². The monoisotopic (exact) mass is 451 g/mol. The van der Waals surface area contributed by atoms with Crippen LogP contribution in [0, 0.1) is 0 Å². The van der Waals surface area contributed by atoms with Crippen LogP contribution in [0.15, 0.2) is 54.0 Å². The van der Waals surface area contributed by atoms with Crippen LogP contribution in [0.5, 0.6) is 5.75 Å². The van der Waals surface area contributed by atoms with Crippen molar-refractivity contribution in [1.82, 2.24) is 20.7 Å². The lowest BCUT2D eigenvalue weighted by molar-refractivity contribution is 0.0830. The fraction of sp³-hybridized carbons (Fsp3) is 0.375. The molecule has 4 rings (SSSR count). The Kier molecular flexibility index (Phi) is 7.21. The van der Waals surface area contributed by atoms with Crippen LogP contribution in [0.25, 0.3) is 0 Å². The van der Waals surface area contributed by atoms with E-state index in [1.54, 1.807) is 19.2 Å². The SMILES string of the molecule is CONC1=C(NCCCN2CCN(c3ccc(OC)cc3)CC2)C(=O)c2cccnc2C1=O. The van der Waals surface area contributed by atoms with Gasteiger partial charge in [0.2, 0.25) is 11.6 Å². The van der Waals surface area contributed by atoms with Crippen LogP contribution in [0.1, 0.15) is 27.3 Å². The smallest absolute Gasteiger partial charge is 0.232 e. The number of hydroxylamine groups is 1. The molecule has 1 aliphatic heterocycles. The third-order valence-corrected chi connectivity index (χ3v) is 5.94. The summed E-state index contributed by atoms with van der Waals surface area (Å²) in [5, 5.41) is 3.15. The highest BCUT2D eigenvalue weighted by Crippen LogP contribution is 2.23. The maximum Gasteiger partial charge on any atom is 0.232 e. The summed E-state index contributed by atoms with van der Waals surface area (Å²) in [6.45, 7) is 5.35. The minimum absolute atomic E-state index is 0.0989. The van der Waals surface area contributed by atoms with E-state index in [4.69, 9.17) is 9.57 Å². The Hall–Kier alpha value is -3.43. The minimum atomic E-state index is -0.357. The number of carbonyl (C=O) groups is 2. The van der Waals surface area contributed by atoms with Crippen molar-refractivity contribution in [3.63, 3.8) is 0 Å². The number of allylic oxidation sites excluding steroid dienone is 2. The number of nitrogens with zero attached hydrogens (tertiary/aromatic N) is 3. The highest BCUT2D eigenvalue weighted by atomic mass is 16.6. The molecule has 2 aromatic rings. The van der Waals surface area contributed by atoms with Crippen molar-refractivity contribution in [2.24, 2.45) is 0 Å². The van der Waals surface area contributed by atoms with Gasteiger partial charge < -0.3 is 15.0 Å². The lowest BCUT2D eigenvalue weighted by atomic mass is 9.94. The van der Waals surface area contributed by atoms with Gasteiger partial charge in [0.1, 0.15) is 22.8 Å². The summed E-state index contributed by atoms with van der Waals surface area (Å²) in [7, 11) is 3.08. The predicted octanol–water partition coefficient (Wildman–Crippen LogP) is 1.63. The molecule has 0 bridgehead atoms. The standard InChI is InChI=1S/C24H29N5O4/c1-32-18-8-6-17(7-9-18)29-15-13-28(14-16-29)12-4-11-26-21-22(27-33-2)24(31)20-19(23(21)30)5-3-10-25-20/h3,5-10,26-27H,4,11-16H2,1-2H3. The molecular formula is C24H29N5O4. The van der Waals surface area contributed by atoms with Gasteiger partial charge in [0, 0.05) is 44.6 Å². The molecule has 1 saturated heterocycles. The average Bonchev–Trinajstić information content (AvgIpc) is 2.87. The number of piperazine rings is 1. The van der Waals surface area contributed by atoms with Crippen LogP contribution in [0.2, 0.25) is 0 Å². The second kappa shape index (κ2) is 10.5. The van der Waals surface area contributed by atoms with E-state index in [-0.39, 0.29) is 28.7 Å². The van der Waals surface area contributed by atoms with Gasteiger partial charge in [-0.3, -0.25) is 29.8 Å². The molecular weight excluding hydrogens is 422 g/mol.